The van der Waals surface area contributed by atoms with Crippen LogP contribution in [0.1, 0.15) is 31.9 Å². The molecule has 100 valence electrons. The Morgan fingerprint density at radius 3 is 2.33 bits per heavy atom. The lowest BCUT2D eigenvalue weighted by Crippen LogP contribution is -2.30. The normalized spacial score (nSPS) is 22.4. The molecule has 0 aliphatic heterocycles. The third kappa shape index (κ3) is 2.31. The van der Waals surface area contributed by atoms with Crippen LogP contribution in [0.5, 0.6) is 11.5 Å². The van der Waals surface area contributed by atoms with E-state index < -0.39 is 0 Å². The molecule has 1 aliphatic rings. The molecular weight excluding hydrogens is 228 g/mol. The third-order valence-corrected chi connectivity index (χ3v) is 3.94. The van der Waals surface area contributed by atoms with Crippen molar-refractivity contribution in [3.63, 3.8) is 0 Å². The average molecular weight is 250 g/mol. The van der Waals surface area contributed by atoms with Gasteiger partial charge in [0.1, 0.15) is 0 Å². The van der Waals surface area contributed by atoms with Gasteiger partial charge in [0.2, 0.25) is 0 Å². The molecule has 1 aromatic rings. The quantitative estimate of drug-likeness (QED) is 0.621. The van der Waals surface area contributed by atoms with Gasteiger partial charge in [-0.05, 0) is 35.4 Å². The summed E-state index contributed by atoms with van der Waals surface area (Å²) in [5.74, 6) is 7.76. The van der Waals surface area contributed by atoms with Crippen molar-refractivity contribution in [2.75, 3.05) is 14.2 Å². The molecule has 3 N–H and O–H groups in total. The van der Waals surface area contributed by atoms with E-state index in [0.29, 0.717) is 11.3 Å². The number of methoxy groups -OCH3 is 2. The van der Waals surface area contributed by atoms with Gasteiger partial charge in [0.25, 0.3) is 0 Å². The maximum absolute atomic E-state index is 5.71. The van der Waals surface area contributed by atoms with E-state index in [-0.39, 0.29) is 6.04 Å². The van der Waals surface area contributed by atoms with Crippen molar-refractivity contribution >= 4 is 0 Å². The molecule has 0 radical (unpaired) electrons. The molecule has 2 rings (SSSR count). The van der Waals surface area contributed by atoms with Gasteiger partial charge >= 0.3 is 0 Å². The molecule has 2 atom stereocenters. The summed E-state index contributed by atoms with van der Waals surface area (Å²) >= 11 is 0. The number of hydrogen-bond acceptors (Lipinski definition) is 4. The van der Waals surface area contributed by atoms with E-state index in [4.69, 9.17) is 15.3 Å². The van der Waals surface area contributed by atoms with E-state index in [2.05, 4.69) is 19.3 Å². The highest BCUT2D eigenvalue weighted by Crippen LogP contribution is 2.57. The van der Waals surface area contributed by atoms with Crippen LogP contribution in [-0.4, -0.2) is 14.2 Å². The van der Waals surface area contributed by atoms with Gasteiger partial charge in [0.15, 0.2) is 11.5 Å². The molecule has 0 amide bonds. The zero-order chi connectivity index (χ0) is 13.3. The molecule has 0 saturated heterocycles. The Labute approximate surface area is 108 Å². The van der Waals surface area contributed by atoms with Crippen molar-refractivity contribution in [1.82, 2.24) is 5.43 Å². The lowest BCUT2D eigenvalue weighted by atomic mass is 9.97. The minimum Gasteiger partial charge on any atom is -0.493 e. The van der Waals surface area contributed by atoms with Gasteiger partial charge in [-0.25, -0.2) is 0 Å². The van der Waals surface area contributed by atoms with Crippen LogP contribution in [-0.2, 0) is 0 Å². The molecule has 0 spiro atoms. The van der Waals surface area contributed by atoms with Gasteiger partial charge in [-0.1, -0.05) is 19.9 Å². The molecule has 18 heavy (non-hydrogen) atoms. The van der Waals surface area contributed by atoms with E-state index in [9.17, 15) is 0 Å². The number of benzene rings is 1. The Morgan fingerprint density at radius 1 is 1.28 bits per heavy atom. The number of nitrogens with one attached hydrogen (secondary N) is 1. The van der Waals surface area contributed by atoms with Gasteiger partial charge in [0, 0.05) is 6.04 Å². The van der Waals surface area contributed by atoms with Crippen LogP contribution in [0.25, 0.3) is 0 Å². The molecule has 1 saturated carbocycles. The molecule has 0 heterocycles. The molecule has 1 aliphatic carbocycles. The minimum atomic E-state index is 0.166. The average Bonchev–Trinajstić information content (AvgIpc) is 2.98. The Balaban J connectivity index is 2.27. The molecule has 1 fully saturated rings. The summed E-state index contributed by atoms with van der Waals surface area (Å²) in [6.45, 7) is 4.53. The van der Waals surface area contributed by atoms with Gasteiger partial charge in [-0.15, -0.1) is 0 Å². The van der Waals surface area contributed by atoms with Crippen LogP contribution in [0.3, 0.4) is 0 Å². The predicted octanol–water partition coefficient (Wildman–Crippen LogP) is 2.25. The smallest absolute Gasteiger partial charge is 0.161 e. The number of ether oxygens (including phenoxy) is 2. The fraction of sp³-hybridized carbons (Fsp3) is 0.571. The van der Waals surface area contributed by atoms with Gasteiger partial charge in [0.05, 0.1) is 14.2 Å². The van der Waals surface area contributed by atoms with Crippen molar-refractivity contribution in [3.8, 4) is 11.5 Å². The highest BCUT2D eigenvalue weighted by atomic mass is 16.5. The van der Waals surface area contributed by atoms with E-state index in [1.807, 2.05) is 18.2 Å². The van der Waals surface area contributed by atoms with Gasteiger partial charge < -0.3 is 9.47 Å². The summed E-state index contributed by atoms with van der Waals surface area (Å²) in [6.07, 6.45) is 1.19. The fourth-order valence-electron chi connectivity index (χ4n) is 2.57. The first-order chi connectivity index (χ1) is 8.53. The van der Waals surface area contributed by atoms with E-state index in [1.54, 1.807) is 14.2 Å². The summed E-state index contributed by atoms with van der Waals surface area (Å²) < 4.78 is 10.6. The van der Waals surface area contributed by atoms with Crippen molar-refractivity contribution in [2.24, 2.45) is 17.2 Å². The van der Waals surface area contributed by atoms with E-state index in [1.165, 1.54) is 6.42 Å². The highest BCUT2D eigenvalue weighted by Gasteiger charge is 2.50. The molecule has 0 bridgehead atoms. The second-order valence-corrected chi connectivity index (χ2v) is 5.56. The molecular formula is C14H22N2O2. The third-order valence-electron chi connectivity index (χ3n) is 3.94. The van der Waals surface area contributed by atoms with E-state index in [0.717, 1.165) is 17.1 Å². The number of hydrazine groups is 1. The second kappa shape index (κ2) is 4.78. The lowest BCUT2D eigenvalue weighted by Gasteiger charge is -2.19. The number of rotatable bonds is 5. The summed E-state index contributed by atoms with van der Waals surface area (Å²) in [7, 11) is 3.29. The zero-order valence-corrected chi connectivity index (χ0v) is 11.5. The van der Waals surface area contributed by atoms with Crippen LogP contribution in [0.15, 0.2) is 18.2 Å². The first-order valence-electron chi connectivity index (χ1n) is 6.21. The predicted molar refractivity (Wildman–Crippen MR) is 71.5 cm³/mol. The zero-order valence-electron chi connectivity index (χ0n) is 11.5. The van der Waals surface area contributed by atoms with Crippen LogP contribution < -0.4 is 20.7 Å². The highest BCUT2D eigenvalue weighted by molar-refractivity contribution is 5.44. The van der Waals surface area contributed by atoms with Crippen molar-refractivity contribution in [2.45, 2.75) is 26.3 Å². The molecule has 4 nitrogen and oxygen atoms in total. The first kappa shape index (κ1) is 13.2. The van der Waals surface area contributed by atoms with E-state index >= 15 is 0 Å². The largest absolute Gasteiger partial charge is 0.493 e. The standard InChI is InChI=1S/C14H22N2O2/c1-14(2)8-10(14)13(16-15)9-5-6-11(17-3)12(7-9)18-4/h5-7,10,13,16H,8,15H2,1-4H3. The van der Waals surface area contributed by atoms with Crippen LogP contribution in [0, 0.1) is 11.3 Å². The van der Waals surface area contributed by atoms with Gasteiger partial charge in [-0.2, -0.15) is 0 Å². The molecule has 4 heteroatoms. The topological polar surface area (TPSA) is 56.5 Å². The van der Waals surface area contributed by atoms with Crippen LogP contribution in [0.4, 0.5) is 0 Å². The van der Waals surface area contributed by atoms with Gasteiger partial charge in [-0.3, -0.25) is 11.3 Å². The Morgan fingerprint density at radius 2 is 1.89 bits per heavy atom. The number of hydrogen-bond donors (Lipinski definition) is 2. The summed E-state index contributed by atoms with van der Waals surface area (Å²) in [5, 5.41) is 0. The Hall–Kier alpha value is -1.26. The monoisotopic (exact) mass is 250 g/mol. The summed E-state index contributed by atoms with van der Waals surface area (Å²) in [4.78, 5) is 0. The summed E-state index contributed by atoms with van der Waals surface area (Å²) in [6, 6.07) is 6.13. The Bertz CT molecular complexity index is 432. The van der Waals surface area contributed by atoms with Crippen molar-refractivity contribution in [1.29, 1.82) is 0 Å². The fourth-order valence-corrected chi connectivity index (χ4v) is 2.57. The molecule has 0 aromatic heterocycles. The second-order valence-electron chi connectivity index (χ2n) is 5.56. The van der Waals surface area contributed by atoms with Crippen LogP contribution in [0.2, 0.25) is 0 Å². The first-order valence-corrected chi connectivity index (χ1v) is 6.21. The Kier molecular flexibility index (Phi) is 3.50. The lowest BCUT2D eigenvalue weighted by molar-refractivity contribution is 0.352. The van der Waals surface area contributed by atoms with Crippen molar-refractivity contribution < 1.29 is 9.47 Å². The number of nitrogens with two attached hydrogens (primary N) is 1. The van der Waals surface area contributed by atoms with Crippen LogP contribution >= 0.6 is 0 Å². The molecule has 1 aromatic carbocycles. The summed E-state index contributed by atoms with van der Waals surface area (Å²) in [5.41, 5.74) is 4.44. The maximum Gasteiger partial charge on any atom is 0.161 e. The minimum absolute atomic E-state index is 0.166. The van der Waals surface area contributed by atoms with Crippen molar-refractivity contribution in [3.05, 3.63) is 23.8 Å². The molecule has 2 unspecified atom stereocenters. The SMILES string of the molecule is COc1ccc(C(NN)C2CC2(C)C)cc1OC. The maximum atomic E-state index is 5.71.